The first-order valence-electron chi connectivity index (χ1n) is 13.0. The summed E-state index contributed by atoms with van der Waals surface area (Å²) in [5.41, 5.74) is 2.10. The van der Waals surface area contributed by atoms with Crippen LogP contribution in [-0.2, 0) is 27.9 Å². The normalized spacial score (nSPS) is 12.2. The number of carbonyl (C=O) groups is 3. The third-order valence-electron chi connectivity index (χ3n) is 6.73. The molecule has 1 N–H and O–H groups in total. The van der Waals surface area contributed by atoms with Crippen molar-refractivity contribution in [3.8, 4) is 0 Å². The predicted octanol–water partition coefficient (Wildman–Crippen LogP) is 4.03. The molecule has 2 aromatic carbocycles. The van der Waals surface area contributed by atoms with Gasteiger partial charge in [0.05, 0.1) is 23.4 Å². The molecule has 0 aliphatic rings. The molecule has 0 saturated heterocycles. The van der Waals surface area contributed by atoms with Crippen LogP contribution in [0.4, 0.5) is 5.69 Å². The number of hydrogen-bond acceptors (Lipinski definition) is 6. The number of rotatable bonds is 10. The zero-order chi connectivity index (χ0) is 28.2. The molecule has 2 aromatic heterocycles. The first-order valence-corrected chi connectivity index (χ1v) is 13.0. The Morgan fingerprint density at radius 2 is 1.82 bits per heavy atom. The number of para-hydroxylation sites is 1. The molecule has 0 radical (unpaired) electrons. The van der Waals surface area contributed by atoms with Crippen molar-refractivity contribution >= 4 is 34.5 Å². The summed E-state index contributed by atoms with van der Waals surface area (Å²) < 4.78 is 8.51. The van der Waals surface area contributed by atoms with Crippen molar-refractivity contribution in [2.24, 2.45) is 7.05 Å². The standard InChI is InChI=1S/C29H34N6O4/c1-6-29(3,4)30-27(37)26(24-16-11-17-33(24)5)35(21-13-10-12-20(18-21)28(38)39-7-2)25(36)19-34-23-15-9-8-14-22(23)31-32-34/h8-18,26H,6-7,19H2,1-5H3,(H,30,37)/t26-/m1/s1. The molecule has 0 bridgehead atoms. The van der Waals surface area contributed by atoms with Gasteiger partial charge in [0.25, 0.3) is 0 Å². The smallest absolute Gasteiger partial charge is 0.338 e. The van der Waals surface area contributed by atoms with E-state index in [4.69, 9.17) is 4.74 Å². The summed E-state index contributed by atoms with van der Waals surface area (Å²) in [6, 6.07) is 16.5. The minimum absolute atomic E-state index is 0.171. The van der Waals surface area contributed by atoms with Crippen LogP contribution < -0.4 is 10.2 Å². The number of benzene rings is 2. The number of aryl methyl sites for hydroxylation is 1. The van der Waals surface area contributed by atoms with Gasteiger partial charge in [0.15, 0.2) is 6.04 Å². The monoisotopic (exact) mass is 530 g/mol. The number of aromatic nitrogens is 4. The average molecular weight is 531 g/mol. The number of anilines is 1. The van der Waals surface area contributed by atoms with Gasteiger partial charge < -0.3 is 14.6 Å². The fourth-order valence-electron chi connectivity index (χ4n) is 4.31. The van der Waals surface area contributed by atoms with Gasteiger partial charge in [-0.05, 0) is 69.7 Å². The zero-order valence-electron chi connectivity index (χ0n) is 22.9. The Balaban J connectivity index is 1.85. The molecule has 10 nitrogen and oxygen atoms in total. The summed E-state index contributed by atoms with van der Waals surface area (Å²) in [6.07, 6.45) is 2.51. The van der Waals surface area contributed by atoms with Gasteiger partial charge in [0, 0.05) is 24.5 Å². The lowest BCUT2D eigenvalue weighted by Gasteiger charge is -2.34. The predicted molar refractivity (Wildman–Crippen MR) is 148 cm³/mol. The number of ether oxygens (including phenoxy) is 1. The molecule has 4 rings (SSSR count). The fourth-order valence-corrected chi connectivity index (χ4v) is 4.31. The molecule has 4 aromatic rings. The van der Waals surface area contributed by atoms with Crippen LogP contribution >= 0.6 is 0 Å². The first-order chi connectivity index (χ1) is 18.6. The number of esters is 1. The van der Waals surface area contributed by atoms with Gasteiger partial charge in [-0.2, -0.15) is 0 Å². The molecule has 0 aliphatic carbocycles. The second-order valence-electron chi connectivity index (χ2n) is 9.94. The summed E-state index contributed by atoms with van der Waals surface area (Å²) >= 11 is 0. The third kappa shape index (κ3) is 6.00. The van der Waals surface area contributed by atoms with Crippen molar-refractivity contribution in [2.45, 2.75) is 52.2 Å². The highest BCUT2D eigenvalue weighted by atomic mass is 16.5. The minimum Gasteiger partial charge on any atom is -0.462 e. The van der Waals surface area contributed by atoms with Crippen LogP contribution in [0.2, 0.25) is 0 Å². The van der Waals surface area contributed by atoms with E-state index in [9.17, 15) is 14.4 Å². The fraction of sp³-hybridized carbons (Fsp3) is 0.345. The second kappa shape index (κ2) is 11.5. The van der Waals surface area contributed by atoms with Crippen molar-refractivity contribution in [3.63, 3.8) is 0 Å². The summed E-state index contributed by atoms with van der Waals surface area (Å²) in [5, 5.41) is 11.4. The Morgan fingerprint density at radius 1 is 1.05 bits per heavy atom. The van der Waals surface area contributed by atoms with E-state index in [1.165, 1.54) is 9.58 Å². The van der Waals surface area contributed by atoms with E-state index in [0.29, 0.717) is 28.8 Å². The van der Waals surface area contributed by atoms with Gasteiger partial charge in [-0.15, -0.1) is 5.10 Å². The number of fused-ring (bicyclic) bond motifs is 1. The quantitative estimate of drug-likeness (QED) is 0.310. The third-order valence-corrected chi connectivity index (χ3v) is 6.73. The van der Waals surface area contributed by atoms with E-state index < -0.39 is 23.5 Å². The van der Waals surface area contributed by atoms with Crippen LogP contribution in [0, 0.1) is 0 Å². The van der Waals surface area contributed by atoms with Gasteiger partial charge in [0.1, 0.15) is 12.1 Å². The molecule has 204 valence electrons. The lowest BCUT2D eigenvalue weighted by atomic mass is 10.00. The SMILES string of the molecule is CCOC(=O)c1cccc(N(C(=O)Cn2nnc3ccccc32)[C@@H](C(=O)NC(C)(C)CC)c2cccn2C)c1. The molecule has 39 heavy (non-hydrogen) atoms. The molecule has 2 heterocycles. The number of amides is 2. The van der Waals surface area contributed by atoms with E-state index in [-0.39, 0.29) is 24.6 Å². The van der Waals surface area contributed by atoms with Crippen molar-refractivity contribution in [3.05, 3.63) is 78.1 Å². The Bertz CT molecular complexity index is 1490. The van der Waals surface area contributed by atoms with E-state index in [1.807, 2.05) is 75.0 Å². The Labute approximate surface area is 227 Å². The van der Waals surface area contributed by atoms with E-state index in [2.05, 4.69) is 15.6 Å². The summed E-state index contributed by atoms with van der Waals surface area (Å²) in [6.45, 7) is 7.62. The zero-order valence-corrected chi connectivity index (χ0v) is 22.9. The van der Waals surface area contributed by atoms with Crippen molar-refractivity contribution in [1.29, 1.82) is 0 Å². The van der Waals surface area contributed by atoms with Crippen LogP contribution in [0.25, 0.3) is 11.0 Å². The van der Waals surface area contributed by atoms with E-state index in [0.717, 1.165) is 0 Å². The maximum Gasteiger partial charge on any atom is 0.338 e. The van der Waals surface area contributed by atoms with Gasteiger partial charge in [-0.25, -0.2) is 9.48 Å². The van der Waals surface area contributed by atoms with Crippen molar-refractivity contribution in [1.82, 2.24) is 24.9 Å². The van der Waals surface area contributed by atoms with Gasteiger partial charge in [-0.3, -0.25) is 14.5 Å². The maximum absolute atomic E-state index is 14.2. The van der Waals surface area contributed by atoms with Crippen LogP contribution in [0.15, 0.2) is 66.9 Å². The molecule has 10 heteroatoms. The van der Waals surface area contributed by atoms with E-state index in [1.54, 1.807) is 31.2 Å². The molecule has 0 aliphatic heterocycles. The first kappa shape index (κ1) is 27.6. The molecular formula is C29H34N6O4. The topological polar surface area (TPSA) is 111 Å². The lowest BCUT2D eigenvalue weighted by Crippen LogP contribution is -2.51. The highest BCUT2D eigenvalue weighted by Crippen LogP contribution is 2.30. The van der Waals surface area contributed by atoms with Crippen LogP contribution in [-0.4, -0.2) is 49.5 Å². The van der Waals surface area contributed by atoms with Crippen LogP contribution in [0.1, 0.15) is 56.2 Å². The summed E-state index contributed by atoms with van der Waals surface area (Å²) in [4.78, 5) is 42.2. The maximum atomic E-state index is 14.2. The largest absolute Gasteiger partial charge is 0.462 e. The minimum atomic E-state index is -1.03. The highest BCUT2D eigenvalue weighted by Gasteiger charge is 2.37. The van der Waals surface area contributed by atoms with Gasteiger partial charge >= 0.3 is 5.97 Å². The summed E-state index contributed by atoms with van der Waals surface area (Å²) in [7, 11) is 1.82. The Hall–Kier alpha value is -4.47. The Morgan fingerprint density at radius 3 is 2.51 bits per heavy atom. The van der Waals surface area contributed by atoms with Crippen LogP contribution in [0.5, 0.6) is 0 Å². The van der Waals surface area contributed by atoms with Crippen molar-refractivity contribution in [2.75, 3.05) is 11.5 Å². The molecule has 1 atom stereocenters. The number of carbonyl (C=O) groups excluding carboxylic acids is 3. The number of hydrogen-bond donors (Lipinski definition) is 1. The average Bonchev–Trinajstić information content (AvgIpc) is 3.52. The molecule has 0 saturated carbocycles. The molecule has 0 unspecified atom stereocenters. The van der Waals surface area contributed by atoms with Gasteiger partial charge in [-0.1, -0.05) is 30.3 Å². The molecule has 2 amide bonds. The molecular weight excluding hydrogens is 496 g/mol. The van der Waals surface area contributed by atoms with E-state index >= 15 is 0 Å². The number of nitrogens with one attached hydrogen (secondary N) is 1. The molecule has 0 fully saturated rings. The number of nitrogens with zero attached hydrogens (tertiary/aromatic N) is 5. The highest BCUT2D eigenvalue weighted by molar-refractivity contribution is 6.02. The van der Waals surface area contributed by atoms with Gasteiger partial charge in [0.2, 0.25) is 11.8 Å². The Kier molecular flexibility index (Phi) is 8.13. The van der Waals surface area contributed by atoms with Crippen LogP contribution in [0.3, 0.4) is 0 Å². The summed E-state index contributed by atoms with van der Waals surface area (Å²) in [5.74, 6) is -1.26. The molecule has 0 spiro atoms. The van der Waals surface area contributed by atoms with Crippen molar-refractivity contribution < 1.29 is 19.1 Å². The second-order valence-corrected chi connectivity index (χ2v) is 9.94. The lowest BCUT2D eigenvalue weighted by molar-refractivity contribution is -0.128.